The first-order valence-electron chi connectivity index (χ1n) is 6.45. The van der Waals surface area contributed by atoms with Crippen molar-refractivity contribution in [2.75, 3.05) is 0 Å². The van der Waals surface area contributed by atoms with Crippen LogP contribution in [0.4, 0.5) is 0 Å². The highest BCUT2D eigenvalue weighted by atomic mass is 16.3. The molecule has 3 nitrogen and oxygen atoms in total. The van der Waals surface area contributed by atoms with Crippen LogP contribution in [0.25, 0.3) is 23.1 Å². The second kappa shape index (κ2) is 5.13. The molecule has 3 aromatic rings. The standard InChI is InChI=1S/C17H14N2O/c1-19-12-3-2-5-14(19)9-8-13-10-11-18-17-15(13)6-4-7-16(17)20/h2-12H,1H3/p+1. The number of hydrogen-bond acceptors (Lipinski definition) is 2. The molecule has 0 aliphatic heterocycles. The molecular weight excluding hydrogens is 248 g/mol. The fourth-order valence-corrected chi connectivity index (χ4v) is 2.21. The first-order chi connectivity index (χ1) is 9.75. The van der Waals surface area contributed by atoms with Gasteiger partial charge in [-0.3, -0.25) is 4.98 Å². The molecule has 0 amide bonds. The number of rotatable bonds is 2. The predicted molar refractivity (Wildman–Crippen MR) is 80.0 cm³/mol. The van der Waals surface area contributed by atoms with Crippen LogP contribution in [0.1, 0.15) is 11.3 Å². The predicted octanol–water partition coefficient (Wildman–Crippen LogP) is 2.94. The Morgan fingerprint density at radius 1 is 1.05 bits per heavy atom. The van der Waals surface area contributed by atoms with E-state index >= 15 is 0 Å². The van der Waals surface area contributed by atoms with Crippen LogP contribution in [0.5, 0.6) is 5.75 Å². The molecule has 0 aliphatic carbocycles. The molecule has 0 unspecified atom stereocenters. The summed E-state index contributed by atoms with van der Waals surface area (Å²) < 4.78 is 2.05. The number of aryl methyl sites for hydroxylation is 1. The van der Waals surface area contributed by atoms with Crippen LogP contribution in [0.2, 0.25) is 0 Å². The maximum atomic E-state index is 9.83. The number of phenolic OH excluding ortho intramolecular Hbond substituents is 1. The summed E-state index contributed by atoms with van der Waals surface area (Å²) in [5, 5.41) is 10.8. The third-order valence-electron chi connectivity index (χ3n) is 3.31. The molecule has 0 saturated carbocycles. The number of phenols is 1. The quantitative estimate of drug-likeness (QED) is 0.722. The Morgan fingerprint density at radius 3 is 2.80 bits per heavy atom. The van der Waals surface area contributed by atoms with E-state index in [4.69, 9.17) is 0 Å². The van der Waals surface area contributed by atoms with Gasteiger partial charge in [-0.2, -0.15) is 0 Å². The summed E-state index contributed by atoms with van der Waals surface area (Å²) in [5.74, 6) is 0.211. The number of pyridine rings is 2. The third kappa shape index (κ3) is 2.26. The van der Waals surface area contributed by atoms with Gasteiger partial charge in [-0.05, 0) is 29.8 Å². The smallest absolute Gasteiger partial charge is 0.204 e. The van der Waals surface area contributed by atoms with Crippen molar-refractivity contribution in [1.29, 1.82) is 0 Å². The van der Waals surface area contributed by atoms with Gasteiger partial charge in [0, 0.05) is 29.8 Å². The van der Waals surface area contributed by atoms with Gasteiger partial charge < -0.3 is 5.11 Å². The lowest BCUT2D eigenvalue weighted by Crippen LogP contribution is -2.30. The van der Waals surface area contributed by atoms with E-state index < -0.39 is 0 Å². The highest BCUT2D eigenvalue weighted by Crippen LogP contribution is 2.25. The van der Waals surface area contributed by atoms with E-state index in [0.717, 1.165) is 16.6 Å². The Labute approximate surface area is 117 Å². The minimum atomic E-state index is 0.211. The molecule has 3 heteroatoms. The van der Waals surface area contributed by atoms with Crippen molar-refractivity contribution in [1.82, 2.24) is 4.98 Å². The molecule has 2 aromatic heterocycles. The summed E-state index contributed by atoms with van der Waals surface area (Å²) in [6.07, 6.45) is 7.82. The van der Waals surface area contributed by atoms with Crippen LogP contribution in [-0.4, -0.2) is 10.1 Å². The van der Waals surface area contributed by atoms with E-state index in [1.54, 1.807) is 12.3 Å². The zero-order chi connectivity index (χ0) is 13.9. The van der Waals surface area contributed by atoms with Crippen LogP contribution in [0, 0.1) is 0 Å². The number of para-hydroxylation sites is 1. The second-order valence-corrected chi connectivity index (χ2v) is 4.64. The van der Waals surface area contributed by atoms with Crippen LogP contribution < -0.4 is 4.57 Å². The molecule has 0 fully saturated rings. The van der Waals surface area contributed by atoms with Gasteiger partial charge in [0.15, 0.2) is 6.20 Å². The Hall–Kier alpha value is -2.68. The van der Waals surface area contributed by atoms with E-state index in [1.165, 1.54) is 0 Å². The van der Waals surface area contributed by atoms with E-state index in [2.05, 4.69) is 21.7 Å². The molecule has 2 heterocycles. The summed E-state index contributed by atoms with van der Waals surface area (Å²) in [5.41, 5.74) is 2.78. The Kier molecular flexibility index (Phi) is 3.17. The molecule has 1 aromatic carbocycles. The third-order valence-corrected chi connectivity index (χ3v) is 3.31. The van der Waals surface area contributed by atoms with Crippen LogP contribution in [0.3, 0.4) is 0 Å². The number of aromatic nitrogens is 2. The van der Waals surface area contributed by atoms with E-state index in [9.17, 15) is 5.11 Å². The number of aromatic hydroxyl groups is 1. The van der Waals surface area contributed by atoms with Gasteiger partial charge >= 0.3 is 0 Å². The first-order valence-corrected chi connectivity index (χ1v) is 6.45. The molecule has 0 aliphatic rings. The Morgan fingerprint density at radius 2 is 1.95 bits per heavy atom. The van der Waals surface area contributed by atoms with Crippen molar-refractivity contribution >= 4 is 23.1 Å². The lowest BCUT2D eigenvalue weighted by molar-refractivity contribution is -0.673. The minimum absolute atomic E-state index is 0.211. The highest BCUT2D eigenvalue weighted by Gasteiger charge is 2.04. The maximum Gasteiger partial charge on any atom is 0.204 e. The van der Waals surface area contributed by atoms with E-state index in [0.29, 0.717) is 5.52 Å². The second-order valence-electron chi connectivity index (χ2n) is 4.64. The van der Waals surface area contributed by atoms with Crippen molar-refractivity contribution in [2.45, 2.75) is 0 Å². The van der Waals surface area contributed by atoms with Crippen molar-refractivity contribution in [3.63, 3.8) is 0 Å². The lowest BCUT2D eigenvalue weighted by Gasteiger charge is -2.02. The van der Waals surface area contributed by atoms with Crippen LogP contribution >= 0.6 is 0 Å². The Balaban J connectivity index is 2.08. The van der Waals surface area contributed by atoms with E-state index in [-0.39, 0.29) is 5.75 Å². The largest absolute Gasteiger partial charge is 0.506 e. The average molecular weight is 263 g/mol. The molecule has 0 spiro atoms. The number of fused-ring (bicyclic) bond motifs is 1. The van der Waals surface area contributed by atoms with Crippen molar-refractivity contribution in [3.8, 4) is 5.75 Å². The van der Waals surface area contributed by atoms with Crippen molar-refractivity contribution in [2.24, 2.45) is 7.05 Å². The Bertz CT molecular complexity index is 794. The van der Waals surface area contributed by atoms with Crippen molar-refractivity contribution < 1.29 is 9.67 Å². The van der Waals surface area contributed by atoms with Gasteiger partial charge in [-0.15, -0.1) is 0 Å². The fourth-order valence-electron chi connectivity index (χ4n) is 2.21. The number of nitrogens with zero attached hydrogens (tertiary/aromatic N) is 2. The topological polar surface area (TPSA) is 37.0 Å². The molecule has 98 valence electrons. The highest BCUT2D eigenvalue weighted by molar-refractivity contribution is 5.93. The summed E-state index contributed by atoms with van der Waals surface area (Å²) in [4.78, 5) is 4.22. The zero-order valence-corrected chi connectivity index (χ0v) is 11.2. The lowest BCUT2D eigenvalue weighted by atomic mass is 10.1. The van der Waals surface area contributed by atoms with Gasteiger partial charge in [0.05, 0.1) is 0 Å². The molecule has 20 heavy (non-hydrogen) atoms. The van der Waals surface area contributed by atoms with Gasteiger partial charge in [0.1, 0.15) is 18.3 Å². The summed E-state index contributed by atoms with van der Waals surface area (Å²) in [6, 6.07) is 13.5. The van der Waals surface area contributed by atoms with Gasteiger partial charge in [0.2, 0.25) is 5.69 Å². The molecular formula is C17H15N2O+. The summed E-state index contributed by atoms with van der Waals surface area (Å²) >= 11 is 0. The molecule has 0 atom stereocenters. The fraction of sp³-hybridized carbons (Fsp3) is 0.0588. The average Bonchev–Trinajstić information content (AvgIpc) is 2.47. The number of hydrogen-bond donors (Lipinski definition) is 1. The van der Waals surface area contributed by atoms with Gasteiger partial charge in [0.25, 0.3) is 0 Å². The minimum Gasteiger partial charge on any atom is -0.506 e. The SMILES string of the molecule is C[n+]1ccccc1/C=C/c1ccnc2c(O)cccc12. The molecule has 3 rings (SSSR count). The zero-order valence-electron chi connectivity index (χ0n) is 11.2. The van der Waals surface area contributed by atoms with E-state index in [1.807, 2.05) is 49.7 Å². The summed E-state index contributed by atoms with van der Waals surface area (Å²) in [6.45, 7) is 0. The summed E-state index contributed by atoms with van der Waals surface area (Å²) in [7, 11) is 2.01. The normalized spacial score (nSPS) is 11.2. The molecule has 0 bridgehead atoms. The number of benzene rings is 1. The van der Waals surface area contributed by atoms with Gasteiger partial charge in [-0.1, -0.05) is 12.1 Å². The molecule has 1 N–H and O–H groups in total. The van der Waals surface area contributed by atoms with Crippen LogP contribution in [-0.2, 0) is 7.05 Å². The van der Waals surface area contributed by atoms with Crippen LogP contribution in [0.15, 0.2) is 54.9 Å². The monoisotopic (exact) mass is 263 g/mol. The van der Waals surface area contributed by atoms with Gasteiger partial charge in [-0.25, -0.2) is 4.57 Å². The van der Waals surface area contributed by atoms with Crippen molar-refractivity contribution in [3.05, 3.63) is 66.1 Å². The molecule has 0 saturated heterocycles. The molecule has 0 radical (unpaired) electrons. The maximum absolute atomic E-state index is 9.83. The first kappa shape index (κ1) is 12.4.